The van der Waals surface area contributed by atoms with Gasteiger partial charge in [0.25, 0.3) is 0 Å². The maximum absolute atomic E-state index is 4.97. The van der Waals surface area contributed by atoms with Gasteiger partial charge in [0.05, 0.1) is 11.0 Å². The number of hydrogen-bond donors (Lipinski definition) is 0. The first-order chi connectivity index (χ1) is 27.3. The van der Waals surface area contributed by atoms with Gasteiger partial charge in [0, 0.05) is 33.2 Å². The number of para-hydroxylation sites is 1. The minimum atomic E-state index is 0.419. The van der Waals surface area contributed by atoms with E-state index < -0.39 is 0 Å². The van der Waals surface area contributed by atoms with Gasteiger partial charge >= 0.3 is 0 Å². The van der Waals surface area contributed by atoms with Crippen LogP contribution in [0.15, 0.2) is 182 Å². The summed E-state index contributed by atoms with van der Waals surface area (Å²) in [4.78, 5) is 14.8. The fourth-order valence-electron chi connectivity index (χ4n) is 8.22. The molecule has 1 atom stereocenters. The molecule has 0 spiro atoms. The van der Waals surface area contributed by atoms with Crippen molar-refractivity contribution in [1.82, 2.24) is 19.5 Å². The van der Waals surface area contributed by atoms with Crippen LogP contribution in [0.5, 0.6) is 0 Å². The van der Waals surface area contributed by atoms with Crippen molar-refractivity contribution in [3.05, 3.63) is 199 Å². The Kier molecular flexibility index (Phi) is 8.42. The number of allylic oxidation sites excluding steroid dienone is 1. The minimum absolute atomic E-state index is 0.419. The van der Waals surface area contributed by atoms with Crippen molar-refractivity contribution in [2.45, 2.75) is 25.2 Å². The summed E-state index contributed by atoms with van der Waals surface area (Å²) < 4.78 is 2.42. The van der Waals surface area contributed by atoms with Gasteiger partial charge in [-0.1, -0.05) is 152 Å². The van der Waals surface area contributed by atoms with Gasteiger partial charge in [0.15, 0.2) is 17.5 Å². The third-order valence-corrected chi connectivity index (χ3v) is 11.0. The number of hydrogen-bond acceptors (Lipinski definition) is 3. The summed E-state index contributed by atoms with van der Waals surface area (Å²) in [5, 5.41) is 2.62. The molecule has 1 aliphatic rings. The predicted molar refractivity (Wildman–Crippen MR) is 227 cm³/mol. The van der Waals surface area contributed by atoms with Crippen molar-refractivity contribution in [1.29, 1.82) is 0 Å². The zero-order valence-corrected chi connectivity index (χ0v) is 30.4. The van der Waals surface area contributed by atoms with Crippen molar-refractivity contribution in [2.75, 3.05) is 0 Å². The van der Waals surface area contributed by atoms with Gasteiger partial charge in [-0.05, 0) is 89.4 Å². The van der Waals surface area contributed by atoms with E-state index in [0.29, 0.717) is 23.4 Å². The smallest absolute Gasteiger partial charge is 0.164 e. The number of rotatable bonds is 6. The van der Waals surface area contributed by atoms with Gasteiger partial charge in [-0.2, -0.15) is 0 Å². The van der Waals surface area contributed by atoms with E-state index in [-0.39, 0.29) is 0 Å². The van der Waals surface area contributed by atoms with Crippen LogP contribution in [0.2, 0.25) is 0 Å². The summed E-state index contributed by atoms with van der Waals surface area (Å²) in [5.41, 5.74) is 13.0. The Labute approximate surface area is 321 Å². The number of aromatic nitrogens is 4. The first-order valence-corrected chi connectivity index (χ1v) is 19.1. The summed E-state index contributed by atoms with van der Waals surface area (Å²) >= 11 is 0. The van der Waals surface area contributed by atoms with Crippen LogP contribution in [-0.4, -0.2) is 19.5 Å². The quantitative estimate of drug-likeness (QED) is 0.173. The standard InChI is InChI=1S/C51H38N4/c1-4-14-35(15-5-1)36-24-26-37(27-25-36)42-21-11-10-16-38-30-33-47-48(45(38)34-42)44-22-12-13-23-46(44)55(47)43-31-28-41(29-32-43)51-53-49(39-17-6-2-7-18-39)52-50(54-51)40-19-8-3-9-20-40/h1-10,12-20,22-33,42H,11,21,34H2/b16-10-. The minimum Gasteiger partial charge on any atom is -0.309 e. The van der Waals surface area contributed by atoms with Gasteiger partial charge in [-0.15, -0.1) is 0 Å². The zero-order valence-electron chi connectivity index (χ0n) is 30.4. The van der Waals surface area contributed by atoms with Gasteiger partial charge in [-0.3, -0.25) is 0 Å². The molecular formula is C51H38N4. The average Bonchev–Trinajstić information content (AvgIpc) is 3.59. The summed E-state index contributed by atoms with van der Waals surface area (Å²) in [5.74, 6) is 2.39. The topological polar surface area (TPSA) is 43.6 Å². The Hall–Kier alpha value is -6.91. The highest BCUT2D eigenvalue weighted by Crippen LogP contribution is 2.40. The molecule has 0 saturated heterocycles. The van der Waals surface area contributed by atoms with E-state index in [1.165, 1.54) is 49.6 Å². The van der Waals surface area contributed by atoms with Crippen LogP contribution in [0.3, 0.4) is 0 Å². The summed E-state index contributed by atoms with van der Waals surface area (Å²) in [6.07, 6.45) is 7.87. The van der Waals surface area contributed by atoms with Gasteiger partial charge < -0.3 is 4.57 Å². The highest BCUT2D eigenvalue weighted by atomic mass is 15.0. The predicted octanol–water partition coefficient (Wildman–Crippen LogP) is 12.8. The normalized spacial score (nSPS) is 14.7. The first kappa shape index (κ1) is 32.7. The molecule has 0 radical (unpaired) electrons. The highest BCUT2D eigenvalue weighted by Gasteiger charge is 2.22. The van der Waals surface area contributed by atoms with Crippen molar-refractivity contribution in [3.8, 4) is 51.0 Å². The van der Waals surface area contributed by atoms with E-state index in [9.17, 15) is 0 Å². The van der Waals surface area contributed by atoms with Crippen LogP contribution in [0, 0.1) is 0 Å². The molecule has 2 heterocycles. The number of fused-ring (bicyclic) bond motifs is 5. The third kappa shape index (κ3) is 6.22. The molecule has 1 unspecified atom stereocenters. The van der Waals surface area contributed by atoms with Crippen LogP contribution in [0.25, 0.3) is 78.9 Å². The first-order valence-electron chi connectivity index (χ1n) is 19.1. The molecule has 4 nitrogen and oxygen atoms in total. The van der Waals surface area contributed by atoms with Crippen LogP contribution < -0.4 is 0 Å². The monoisotopic (exact) mass is 706 g/mol. The van der Waals surface area contributed by atoms with E-state index in [4.69, 9.17) is 15.0 Å². The van der Waals surface area contributed by atoms with E-state index in [1.54, 1.807) is 0 Å². The molecule has 2 aromatic heterocycles. The largest absolute Gasteiger partial charge is 0.309 e. The second kappa shape index (κ2) is 14.1. The lowest BCUT2D eigenvalue weighted by Crippen LogP contribution is -2.07. The average molecular weight is 707 g/mol. The SMILES string of the molecule is C1=C\c2ccc3c(c2CC(c2ccc(-c4ccccc4)cc2)CC/1)c1ccccc1n3-c1ccc(-c2nc(-c3ccccc3)nc(-c3ccccc3)n2)cc1. The summed E-state index contributed by atoms with van der Waals surface area (Å²) in [7, 11) is 0. The van der Waals surface area contributed by atoms with Gasteiger partial charge in [0.2, 0.25) is 0 Å². The van der Waals surface area contributed by atoms with E-state index >= 15 is 0 Å². The molecule has 0 fully saturated rings. The molecule has 4 heteroatoms. The molecule has 0 bridgehead atoms. The van der Waals surface area contributed by atoms with Crippen LogP contribution >= 0.6 is 0 Å². The van der Waals surface area contributed by atoms with E-state index in [2.05, 4.69) is 132 Å². The number of nitrogens with zero attached hydrogens (tertiary/aromatic N) is 4. The van der Waals surface area contributed by atoms with Gasteiger partial charge in [-0.25, -0.2) is 15.0 Å². The molecule has 55 heavy (non-hydrogen) atoms. The Balaban J connectivity index is 1.05. The van der Waals surface area contributed by atoms with Crippen LogP contribution in [0.4, 0.5) is 0 Å². The zero-order chi connectivity index (χ0) is 36.6. The molecule has 1 aliphatic carbocycles. The molecule has 0 amide bonds. The molecule has 0 saturated carbocycles. The van der Waals surface area contributed by atoms with Gasteiger partial charge in [0.1, 0.15) is 0 Å². The molecule has 9 aromatic rings. The molecule has 0 aliphatic heterocycles. The molecular weight excluding hydrogens is 669 g/mol. The fourth-order valence-corrected chi connectivity index (χ4v) is 8.22. The maximum Gasteiger partial charge on any atom is 0.164 e. The Morgan fingerprint density at radius 1 is 0.455 bits per heavy atom. The molecule has 0 N–H and O–H groups in total. The lowest BCUT2D eigenvalue weighted by atomic mass is 9.83. The van der Waals surface area contributed by atoms with Crippen LogP contribution in [-0.2, 0) is 6.42 Å². The van der Waals surface area contributed by atoms with E-state index in [0.717, 1.165) is 41.6 Å². The lowest BCUT2D eigenvalue weighted by molar-refractivity contribution is 0.629. The molecule has 7 aromatic carbocycles. The van der Waals surface area contributed by atoms with Crippen molar-refractivity contribution in [3.63, 3.8) is 0 Å². The van der Waals surface area contributed by atoms with E-state index in [1.807, 2.05) is 60.7 Å². The second-order valence-corrected chi connectivity index (χ2v) is 14.3. The fraction of sp³-hybridized carbons (Fsp3) is 0.0784. The Morgan fingerprint density at radius 3 is 1.62 bits per heavy atom. The lowest BCUT2D eigenvalue weighted by Gasteiger charge is -2.22. The molecule has 10 rings (SSSR count). The summed E-state index contributed by atoms with van der Waals surface area (Å²) in [6, 6.07) is 62.3. The van der Waals surface area contributed by atoms with Crippen molar-refractivity contribution < 1.29 is 0 Å². The van der Waals surface area contributed by atoms with Crippen molar-refractivity contribution in [2.24, 2.45) is 0 Å². The van der Waals surface area contributed by atoms with Crippen LogP contribution in [0.1, 0.15) is 35.4 Å². The number of benzene rings is 7. The Morgan fingerprint density at radius 2 is 0.982 bits per heavy atom. The molecule has 262 valence electrons. The Bertz CT molecular complexity index is 2750. The van der Waals surface area contributed by atoms with Crippen molar-refractivity contribution >= 4 is 27.9 Å². The maximum atomic E-state index is 4.97. The second-order valence-electron chi connectivity index (χ2n) is 14.3. The highest BCUT2D eigenvalue weighted by molar-refractivity contribution is 6.12. The third-order valence-electron chi connectivity index (χ3n) is 11.0. The summed E-state index contributed by atoms with van der Waals surface area (Å²) in [6.45, 7) is 0.